The lowest BCUT2D eigenvalue weighted by atomic mass is 10.0. The quantitative estimate of drug-likeness (QED) is 0.551. The summed E-state index contributed by atoms with van der Waals surface area (Å²) in [5.41, 5.74) is 1.77. The van der Waals surface area contributed by atoms with Crippen molar-refractivity contribution >= 4 is 40.7 Å². The number of carbonyl (C=O) groups excluding carboxylic acids is 2. The second kappa shape index (κ2) is 9.98. The van der Waals surface area contributed by atoms with E-state index in [1.165, 1.54) is 11.0 Å². The Labute approximate surface area is 185 Å². The van der Waals surface area contributed by atoms with E-state index in [1.807, 2.05) is 36.4 Å². The topological polar surface area (TPSA) is 49.4 Å². The number of nitrogens with zero attached hydrogens (tertiary/aromatic N) is 1. The van der Waals surface area contributed by atoms with Gasteiger partial charge < -0.3 is 5.32 Å². The molecule has 0 aromatic heterocycles. The molecule has 0 aliphatic carbocycles. The van der Waals surface area contributed by atoms with Crippen molar-refractivity contribution in [1.29, 1.82) is 0 Å². The molecule has 0 spiro atoms. The van der Waals surface area contributed by atoms with Crippen LogP contribution in [0.25, 0.3) is 0 Å². The summed E-state index contributed by atoms with van der Waals surface area (Å²) < 4.78 is 0. The Morgan fingerprint density at radius 1 is 0.967 bits per heavy atom. The number of halogens is 2. The predicted octanol–water partition coefficient (Wildman–Crippen LogP) is 5.02. The van der Waals surface area contributed by atoms with Crippen LogP contribution >= 0.6 is 23.2 Å². The van der Waals surface area contributed by atoms with Crippen LogP contribution in [0, 0.1) is 12.3 Å². The second-order valence-corrected chi connectivity index (χ2v) is 7.28. The number of hydrogen-bond donors (Lipinski definition) is 1. The Kier molecular flexibility index (Phi) is 7.13. The van der Waals surface area contributed by atoms with Crippen LogP contribution in [0.1, 0.15) is 17.2 Å². The lowest BCUT2D eigenvalue weighted by Crippen LogP contribution is -2.43. The Bertz CT molecular complexity index is 1080. The third kappa shape index (κ3) is 5.01. The van der Waals surface area contributed by atoms with E-state index in [2.05, 4.69) is 11.2 Å². The van der Waals surface area contributed by atoms with Gasteiger partial charge in [0.25, 0.3) is 0 Å². The largest absolute Gasteiger partial charge is 0.350 e. The molecule has 3 aromatic carbocycles. The number of anilines is 1. The highest BCUT2D eigenvalue weighted by Crippen LogP contribution is 2.35. The van der Waals surface area contributed by atoms with Crippen LogP contribution < -0.4 is 10.2 Å². The summed E-state index contributed by atoms with van der Waals surface area (Å²) in [7, 11) is 0. The fraction of sp³-hybridized carbons (Fsp3) is 0.0833. The van der Waals surface area contributed by atoms with E-state index in [4.69, 9.17) is 29.6 Å². The summed E-state index contributed by atoms with van der Waals surface area (Å²) in [4.78, 5) is 27.3. The first-order chi connectivity index (χ1) is 14.5. The highest BCUT2D eigenvalue weighted by molar-refractivity contribution is 6.36. The summed E-state index contributed by atoms with van der Waals surface area (Å²) in [5.74, 6) is 0.990. The standard InChI is InChI=1S/C24H18Cl2N2O2/c1-2-22(29)28(21-15-19(25)13-14-20(21)26)23(18-11-7-4-8-12-18)24(30)27-16-17-9-5-3-6-10-17/h1,3-15,23H,16H2,(H,27,30). The summed E-state index contributed by atoms with van der Waals surface area (Å²) in [6.07, 6.45) is 5.43. The van der Waals surface area contributed by atoms with Crippen LogP contribution in [-0.2, 0) is 16.1 Å². The molecule has 3 rings (SSSR count). The number of rotatable bonds is 6. The van der Waals surface area contributed by atoms with Gasteiger partial charge in [0.1, 0.15) is 6.04 Å². The van der Waals surface area contributed by atoms with Gasteiger partial charge in [0.2, 0.25) is 5.91 Å². The van der Waals surface area contributed by atoms with E-state index in [0.29, 0.717) is 17.1 Å². The van der Waals surface area contributed by atoms with Crippen molar-refractivity contribution in [2.24, 2.45) is 0 Å². The summed E-state index contributed by atoms with van der Waals surface area (Å²) >= 11 is 12.5. The van der Waals surface area contributed by atoms with Crippen LogP contribution in [-0.4, -0.2) is 11.8 Å². The van der Waals surface area contributed by atoms with E-state index in [1.54, 1.807) is 36.4 Å². The predicted molar refractivity (Wildman–Crippen MR) is 120 cm³/mol. The highest BCUT2D eigenvalue weighted by atomic mass is 35.5. The third-order valence-electron chi connectivity index (χ3n) is 4.44. The Morgan fingerprint density at radius 2 is 1.60 bits per heavy atom. The Hall–Kier alpha value is -3.26. The van der Waals surface area contributed by atoms with Crippen molar-refractivity contribution in [2.75, 3.05) is 4.90 Å². The number of nitrogens with one attached hydrogen (secondary N) is 1. The van der Waals surface area contributed by atoms with Gasteiger partial charge in [-0.05, 0) is 35.2 Å². The average Bonchev–Trinajstić information content (AvgIpc) is 2.78. The second-order valence-electron chi connectivity index (χ2n) is 6.43. The minimum Gasteiger partial charge on any atom is -0.350 e. The van der Waals surface area contributed by atoms with Crippen molar-refractivity contribution in [3.63, 3.8) is 0 Å². The summed E-state index contributed by atoms with van der Waals surface area (Å²) in [6.45, 7) is 0.296. The van der Waals surface area contributed by atoms with Gasteiger partial charge in [0.05, 0.1) is 10.7 Å². The molecule has 1 unspecified atom stereocenters. The van der Waals surface area contributed by atoms with Crippen LogP contribution in [0.15, 0.2) is 78.9 Å². The maximum Gasteiger partial charge on any atom is 0.303 e. The smallest absolute Gasteiger partial charge is 0.303 e. The fourth-order valence-corrected chi connectivity index (χ4v) is 3.42. The molecular formula is C24H18Cl2N2O2. The van der Waals surface area contributed by atoms with Gasteiger partial charge in [-0.1, -0.05) is 83.9 Å². The summed E-state index contributed by atoms with van der Waals surface area (Å²) in [6, 6.07) is 22.0. The van der Waals surface area contributed by atoms with E-state index in [-0.39, 0.29) is 10.7 Å². The molecule has 30 heavy (non-hydrogen) atoms. The molecule has 6 heteroatoms. The minimum atomic E-state index is -1.03. The van der Waals surface area contributed by atoms with Gasteiger partial charge in [-0.2, -0.15) is 0 Å². The van der Waals surface area contributed by atoms with E-state index < -0.39 is 17.9 Å². The van der Waals surface area contributed by atoms with E-state index in [9.17, 15) is 9.59 Å². The lowest BCUT2D eigenvalue weighted by molar-refractivity contribution is -0.125. The van der Waals surface area contributed by atoms with Crippen molar-refractivity contribution in [3.05, 3.63) is 100 Å². The van der Waals surface area contributed by atoms with Crippen LogP contribution in [0.3, 0.4) is 0 Å². The first-order valence-electron chi connectivity index (χ1n) is 9.12. The molecule has 1 N–H and O–H groups in total. The fourth-order valence-electron chi connectivity index (χ4n) is 3.04. The zero-order valence-corrected chi connectivity index (χ0v) is 17.4. The van der Waals surface area contributed by atoms with E-state index >= 15 is 0 Å². The molecule has 150 valence electrons. The molecule has 3 aromatic rings. The monoisotopic (exact) mass is 436 g/mol. The van der Waals surface area contributed by atoms with Crippen molar-refractivity contribution in [1.82, 2.24) is 5.32 Å². The highest BCUT2D eigenvalue weighted by Gasteiger charge is 2.33. The Balaban J connectivity index is 2.04. The summed E-state index contributed by atoms with van der Waals surface area (Å²) in [5, 5.41) is 3.49. The molecule has 4 nitrogen and oxygen atoms in total. The molecule has 1 atom stereocenters. The molecule has 0 fully saturated rings. The van der Waals surface area contributed by atoms with Gasteiger partial charge in [0, 0.05) is 11.6 Å². The SMILES string of the molecule is C#CC(=O)N(c1cc(Cl)ccc1Cl)C(C(=O)NCc1ccccc1)c1ccccc1. The van der Waals surface area contributed by atoms with E-state index in [0.717, 1.165) is 5.56 Å². The molecule has 0 bridgehead atoms. The van der Waals surface area contributed by atoms with Gasteiger partial charge in [-0.15, -0.1) is 6.42 Å². The first-order valence-corrected chi connectivity index (χ1v) is 9.88. The van der Waals surface area contributed by atoms with Crippen LogP contribution in [0.2, 0.25) is 10.0 Å². The van der Waals surface area contributed by atoms with Gasteiger partial charge in [-0.3, -0.25) is 14.5 Å². The minimum absolute atomic E-state index is 0.250. The van der Waals surface area contributed by atoms with Gasteiger partial charge >= 0.3 is 5.91 Å². The molecule has 0 saturated carbocycles. The molecule has 0 aliphatic heterocycles. The molecule has 0 aliphatic rings. The van der Waals surface area contributed by atoms with Crippen LogP contribution in [0.5, 0.6) is 0 Å². The molecule has 2 amide bonds. The van der Waals surface area contributed by atoms with Gasteiger partial charge in [0.15, 0.2) is 0 Å². The number of amides is 2. The molecule has 0 heterocycles. The molecule has 0 saturated heterocycles. The Morgan fingerprint density at radius 3 is 2.23 bits per heavy atom. The lowest BCUT2D eigenvalue weighted by Gasteiger charge is -2.30. The molecule has 0 radical (unpaired) electrons. The van der Waals surface area contributed by atoms with Crippen molar-refractivity contribution in [3.8, 4) is 12.3 Å². The maximum atomic E-state index is 13.3. The van der Waals surface area contributed by atoms with Crippen LogP contribution in [0.4, 0.5) is 5.69 Å². The maximum absolute atomic E-state index is 13.3. The van der Waals surface area contributed by atoms with Crippen molar-refractivity contribution in [2.45, 2.75) is 12.6 Å². The normalized spacial score (nSPS) is 11.2. The van der Waals surface area contributed by atoms with Crippen molar-refractivity contribution < 1.29 is 9.59 Å². The number of hydrogen-bond acceptors (Lipinski definition) is 2. The number of benzene rings is 3. The zero-order valence-electron chi connectivity index (χ0n) is 15.9. The average molecular weight is 437 g/mol. The number of terminal acetylenes is 1. The third-order valence-corrected chi connectivity index (χ3v) is 5.00. The zero-order chi connectivity index (χ0) is 21.5. The first kappa shape index (κ1) is 21.4. The number of carbonyl (C=O) groups is 2. The molecular weight excluding hydrogens is 419 g/mol. The van der Waals surface area contributed by atoms with Gasteiger partial charge in [-0.25, -0.2) is 0 Å².